The second kappa shape index (κ2) is 20.0. The van der Waals surface area contributed by atoms with Crippen LogP contribution in [0.15, 0.2) is 60.9 Å². The second-order valence-electron chi connectivity index (χ2n) is 20.6. The number of phenols is 1. The van der Waals surface area contributed by atoms with Crippen LogP contribution in [0, 0.1) is 23.2 Å². The molecule has 0 radical (unpaired) electrons. The van der Waals surface area contributed by atoms with Crippen LogP contribution in [0.25, 0.3) is 11.8 Å². The molecule has 1 aliphatic carbocycles. The van der Waals surface area contributed by atoms with E-state index in [2.05, 4.69) is 39.9 Å². The number of hydrogen-bond donors (Lipinski definition) is 5. The lowest BCUT2D eigenvalue weighted by Gasteiger charge is -2.61. The molecule has 3 atom stereocenters. The van der Waals surface area contributed by atoms with E-state index in [1.165, 1.54) is 5.56 Å². The first kappa shape index (κ1) is 47.9. The van der Waals surface area contributed by atoms with Crippen molar-refractivity contribution in [2.24, 2.45) is 16.6 Å². The number of carbonyl (C=O) groups excluding carboxylic acids is 3. The normalized spacial score (nSPS) is 21.1. The standard InChI is InChI=1S/C43H59N9O4.C10H9NO/c1-26-9-8-15-51(26)39(54)37(42(3,4)5)56-41(55)50-24-43(25-50)20-30(21-43)49-16-12-28(13-17-49)29-22-46-40(47-23-29)52-18-14-34-36(27(52)2)32(38(45)48-34)19-33(44)31-10-6-7-11-35(31)53;1-2-9-3-5-10(6-4-9)7-11-8-12/h6-7,10-11,19,22-23,26-28,30,37,48,53H,8-9,12-18,20-21,24-25,44-45H2,1-5H3;1,3-6,8H,7H2,(H,11,12)/b33-19-;. The first-order valence-electron chi connectivity index (χ1n) is 24.1. The number of nitrogens with zero attached hydrogens (tertiary/aromatic N) is 6. The predicted molar refractivity (Wildman–Crippen MR) is 265 cm³/mol. The molecule has 3 amide bonds. The highest BCUT2D eigenvalue weighted by atomic mass is 16.6. The quantitative estimate of drug-likeness (QED) is 0.0829. The van der Waals surface area contributed by atoms with Crippen LogP contribution >= 0.6 is 0 Å². The largest absolute Gasteiger partial charge is 0.507 e. The number of terminal acetylenes is 1. The number of ether oxygens (including phenoxy) is 1. The number of benzene rings is 2. The summed E-state index contributed by atoms with van der Waals surface area (Å²) in [5.74, 6) is 4.27. The minimum absolute atomic E-state index is 0.0303. The fourth-order valence-electron chi connectivity index (χ4n) is 10.9. The molecular formula is C53H68N10O5. The summed E-state index contributed by atoms with van der Waals surface area (Å²) in [4.78, 5) is 58.3. The maximum atomic E-state index is 13.4. The van der Waals surface area contributed by atoms with Gasteiger partial charge in [-0.05, 0) is 113 Å². The van der Waals surface area contributed by atoms with Crippen LogP contribution in [-0.4, -0.2) is 111 Å². The Hall–Kier alpha value is -6.53. The zero-order valence-corrected chi connectivity index (χ0v) is 40.2. The number of piperidine rings is 1. The summed E-state index contributed by atoms with van der Waals surface area (Å²) in [6.07, 6.45) is 17.7. The SMILES string of the molecule is C#Cc1ccc(CNC=O)cc1.CC1CCCN1C(=O)C(OC(=O)N1CC2(CC(N3CCC(c4cnc(N5CCc6[nH]c(N)c(/C=C(\N)c7ccccc7O)c6C5C)nc4)CC3)C2)C1)C(C)(C)C. The van der Waals surface area contributed by atoms with Crippen molar-refractivity contribution < 1.29 is 24.2 Å². The minimum atomic E-state index is -0.774. The molecule has 9 rings (SSSR count). The van der Waals surface area contributed by atoms with Gasteiger partial charge in [-0.15, -0.1) is 6.42 Å². The molecule has 15 nitrogen and oxygen atoms in total. The summed E-state index contributed by atoms with van der Waals surface area (Å²) in [7, 11) is 0. The van der Waals surface area contributed by atoms with Crippen molar-refractivity contribution in [2.75, 3.05) is 49.9 Å². The molecule has 3 saturated heterocycles. The molecule has 4 aromatic rings. The lowest BCUT2D eigenvalue weighted by atomic mass is 9.60. The minimum Gasteiger partial charge on any atom is -0.507 e. The Kier molecular flexibility index (Phi) is 14.1. The first-order chi connectivity index (χ1) is 32.6. The molecule has 6 heterocycles. The number of carbonyl (C=O) groups is 3. The average molecular weight is 925 g/mol. The van der Waals surface area contributed by atoms with Crippen molar-refractivity contribution in [1.82, 2.24) is 35.0 Å². The van der Waals surface area contributed by atoms with Gasteiger partial charge in [-0.1, -0.05) is 51.0 Å². The molecule has 5 aliphatic rings. The maximum Gasteiger partial charge on any atom is 0.410 e. The van der Waals surface area contributed by atoms with Gasteiger partial charge in [-0.2, -0.15) is 0 Å². The maximum absolute atomic E-state index is 13.4. The third-order valence-corrected chi connectivity index (χ3v) is 14.9. The number of likely N-dealkylation sites (tertiary alicyclic amines) is 3. The van der Waals surface area contributed by atoms with E-state index in [1.54, 1.807) is 23.1 Å². The molecule has 0 bridgehead atoms. The molecule has 4 fully saturated rings. The van der Waals surface area contributed by atoms with Crippen molar-refractivity contribution in [3.63, 3.8) is 0 Å². The van der Waals surface area contributed by atoms with Crippen LogP contribution in [-0.2, 0) is 27.3 Å². The van der Waals surface area contributed by atoms with Gasteiger partial charge in [0.25, 0.3) is 5.91 Å². The van der Waals surface area contributed by atoms with E-state index >= 15 is 0 Å². The first-order valence-corrected chi connectivity index (χ1v) is 24.1. The van der Waals surface area contributed by atoms with E-state index in [0.717, 1.165) is 99.1 Å². The second-order valence-corrected chi connectivity index (χ2v) is 20.6. The number of nitrogen functional groups attached to an aromatic ring is 1. The Balaban J connectivity index is 0.000000455. The number of nitrogens with two attached hydrogens (primary N) is 2. The predicted octanol–water partition coefficient (Wildman–Crippen LogP) is 6.79. The van der Waals surface area contributed by atoms with Crippen molar-refractivity contribution >= 4 is 41.9 Å². The molecule has 1 spiro atoms. The van der Waals surface area contributed by atoms with E-state index < -0.39 is 11.5 Å². The van der Waals surface area contributed by atoms with Crippen LogP contribution in [0.1, 0.15) is 124 Å². The van der Waals surface area contributed by atoms with Crippen LogP contribution in [0.2, 0.25) is 0 Å². The Bertz CT molecular complexity index is 2500. The number of aromatic hydroxyl groups is 1. The zero-order valence-electron chi connectivity index (χ0n) is 40.2. The summed E-state index contributed by atoms with van der Waals surface area (Å²) >= 11 is 0. The van der Waals surface area contributed by atoms with Crippen molar-refractivity contribution in [1.29, 1.82) is 0 Å². The number of para-hydroxylation sites is 1. The number of hydrogen-bond acceptors (Lipinski definition) is 11. The lowest BCUT2D eigenvalue weighted by molar-refractivity contribution is -0.150. The Labute approximate surface area is 400 Å². The molecule has 1 saturated carbocycles. The van der Waals surface area contributed by atoms with Crippen LogP contribution in [0.3, 0.4) is 0 Å². The number of rotatable bonds is 10. The zero-order chi connectivity index (χ0) is 48.3. The molecule has 4 aliphatic heterocycles. The van der Waals surface area contributed by atoms with Crippen molar-refractivity contribution in [3.8, 4) is 18.1 Å². The fourth-order valence-corrected chi connectivity index (χ4v) is 10.9. The van der Waals surface area contributed by atoms with Crippen LogP contribution in [0.4, 0.5) is 16.6 Å². The number of aromatic amines is 1. The number of nitrogens with one attached hydrogen (secondary N) is 2. The molecule has 360 valence electrons. The van der Waals surface area contributed by atoms with E-state index in [9.17, 15) is 19.5 Å². The van der Waals surface area contributed by atoms with Gasteiger partial charge in [0, 0.05) is 108 Å². The van der Waals surface area contributed by atoms with Gasteiger partial charge in [0.05, 0.1) is 6.04 Å². The average Bonchev–Trinajstić information content (AvgIpc) is 3.88. The van der Waals surface area contributed by atoms with E-state index in [4.69, 9.17) is 32.6 Å². The smallest absolute Gasteiger partial charge is 0.410 e. The van der Waals surface area contributed by atoms with Gasteiger partial charge >= 0.3 is 6.09 Å². The van der Waals surface area contributed by atoms with E-state index in [-0.39, 0.29) is 35.2 Å². The molecule has 68 heavy (non-hydrogen) atoms. The van der Waals surface area contributed by atoms with Gasteiger partial charge in [-0.25, -0.2) is 14.8 Å². The molecule has 2 aromatic carbocycles. The number of amides is 3. The molecular weight excluding hydrogens is 857 g/mol. The Morgan fingerprint density at radius 1 is 1.03 bits per heavy atom. The molecule has 15 heteroatoms. The van der Waals surface area contributed by atoms with Crippen molar-refractivity contribution in [2.45, 2.75) is 116 Å². The third kappa shape index (κ3) is 10.2. The highest BCUT2D eigenvalue weighted by Gasteiger charge is 2.56. The number of phenolic OH excluding ortho intramolecular Hbond substituents is 1. The number of fused-ring (bicyclic) bond motifs is 1. The fraction of sp³-hybridized carbons (Fsp3) is 0.491. The van der Waals surface area contributed by atoms with Gasteiger partial charge in [-0.3, -0.25) is 9.59 Å². The highest BCUT2D eigenvalue weighted by Crippen LogP contribution is 2.51. The van der Waals surface area contributed by atoms with Gasteiger partial charge in [0.1, 0.15) is 11.6 Å². The lowest BCUT2D eigenvalue weighted by Crippen LogP contribution is -2.68. The van der Waals surface area contributed by atoms with Gasteiger partial charge < -0.3 is 51.2 Å². The van der Waals surface area contributed by atoms with Crippen LogP contribution < -0.4 is 21.7 Å². The summed E-state index contributed by atoms with van der Waals surface area (Å²) in [5.41, 5.74) is 19.7. The molecule has 2 aromatic heterocycles. The topological polar surface area (TPSA) is 199 Å². The molecule has 7 N–H and O–H groups in total. The summed E-state index contributed by atoms with van der Waals surface area (Å²) < 4.78 is 5.95. The highest BCUT2D eigenvalue weighted by molar-refractivity contribution is 5.87. The number of H-pyrrole nitrogens is 1. The van der Waals surface area contributed by atoms with E-state index in [1.807, 2.05) is 74.5 Å². The summed E-state index contributed by atoms with van der Waals surface area (Å²) in [6.45, 7) is 15.7. The van der Waals surface area contributed by atoms with Crippen LogP contribution in [0.5, 0.6) is 5.75 Å². The Morgan fingerprint density at radius 3 is 2.34 bits per heavy atom. The third-order valence-electron chi connectivity index (χ3n) is 14.9. The van der Waals surface area contributed by atoms with Gasteiger partial charge in [0.15, 0.2) is 6.10 Å². The number of aromatic nitrogens is 3. The van der Waals surface area contributed by atoms with Gasteiger partial charge in [0.2, 0.25) is 12.4 Å². The molecule has 3 unspecified atom stereocenters. The summed E-state index contributed by atoms with van der Waals surface area (Å²) in [6, 6.07) is 15.2. The number of anilines is 2. The Morgan fingerprint density at radius 2 is 1.72 bits per heavy atom. The summed E-state index contributed by atoms with van der Waals surface area (Å²) in [5, 5.41) is 12.9. The van der Waals surface area contributed by atoms with E-state index in [0.29, 0.717) is 61.0 Å². The monoisotopic (exact) mass is 925 g/mol. The van der Waals surface area contributed by atoms with Crippen molar-refractivity contribution in [3.05, 3.63) is 100.0 Å².